The highest BCUT2D eigenvalue weighted by molar-refractivity contribution is 5.92. The summed E-state index contributed by atoms with van der Waals surface area (Å²) in [6.45, 7) is 1.58. The van der Waals surface area contributed by atoms with Crippen LogP contribution in [0.25, 0.3) is 11.4 Å². The number of nitrogens with one attached hydrogen (secondary N) is 1. The molecule has 1 aromatic heterocycles. The maximum Gasteiger partial charge on any atom is 0.262 e. The molecule has 0 aliphatic heterocycles. The summed E-state index contributed by atoms with van der Waals surface area (Å²) >= 11 is 0. The van der Waals surface area contributed by atoms with Crippen molar-refractivity contribution in [2.24, 2.45) is 0 Å². The molecule has 4 rings (SSSR count). The minimum absolute atomic E-state index is 0.140. The van der Waals surface area contributed by atoms with E-state index in [-0.39, 0.29) is 12.5 Å². The van der Waals surface area contributed by atoms with Crippen LogP contribution in [0, 0.1) is 6.92 Å². The molecule has 7 heteroatoms. The van der Waals surface area contributed by atoms with E-state index in [1.165, 1.54) is 0 Å². The lowest BCUT2D eigenvalue weighted by Gasteiger charge is -2.10. The largest absolute Gasteiger partial charge is 0.484 e. The van der Waals surface area contributed by atoms with Crippen molar-refractivity contribution in [3.05, 3.63) is 84.8 Å². The van der Waals surface area contributed by atoms with Crippen molar-refractivity contribution in [3.8, 4) is 28.6 Å². The summed E-state index contributed by atoms with van der Waals surface area (Å²) in [6.07, 6.45) is 0. The van der Waals surface area contributed by atoms with Gasteiger partial charge in [-0.2, -0.15) is 4.98 Å². The minimum atomic E-state index is -0.285. The third kappa shape index (κ3) is 5.02. The fraction of sp³-hybridized carbons (Fsp3) is 0.0870. The monoisotopic (exact) mass is 401 g/mol. The highest BCUT2D eigenvalue weighted by Gasteiger charge is 2.09. The topological polar surface area (TPSA) is 86.5 Å². The zero-order valence-electron chi connectivity index (χ0n) is 16.2. The van der Waals surface area contributed by atoms with Gasteiger partial charge >= 0.3 is 0 Å². The van der Waals surface area contributed by atoms with Gasteiger partial charge in [-0.3, -0.25) is 4.79 Å². The number of amides is 1. The van der Waals surface area contributed by atoms with Crippen molar-refractivity contribution in [1.29, 1.82) is 0 Å². The molecule has 1 N–H and O–H groups in total. The van der Waals surface area contributed by atoms with Crippen molar-refractivity contribution in [2.75, 3.05) is 11.9 Å². The van der Waals surface area contributed by atoms with Gasteiger partial charge in [-0.1, -0.05) is 41.6 Å². The number of ether oxygens (including phenoxy) is 2. The van der Waals surface area contributed by atoms with Gasteiger partial charge in [0.15, 0.2) is 6.61 Å². The maximum absolute atomic E-state index is 12.3. The summed E-state index contributed by atoms with van der Waals surface area (Å²) in [7, 11) is 0. The van der Waals surface area contributed by atoms with Crippen LogP contribution in [0.1, 0.15) is 5.89 Å². The number of anilines is 1. The number of para-hydroxylation sites is 1. The molecule has 30 heavy (non-hydrogen) atoms. The van der Waals surface area contributed by atoms with Crippen LogP contribution in [0.2, 0.25) is 0 Å². The molecular formula is C23H19N3O4. The molecule has 0 saturated heterocycles. The first-order valence-electron chi connectivity index (χ1n) is 9.32. The van der Waals surface area contributed by atoms with E-state index in [2.05, 4.69) is 15.5 Å². The Kier molecular flexibility index (Phi) is 5.70. The van der Waals surface area contributed by atoms with Gasteiger partial charge in [0.1, 0.15) is 17.2 Å². The summed E-state index contributed by atoms with van der Waals surface area (Å²) in [5.41, 5.74) is 1.36. The van der Waals surface area contributed by atoms with Crippen molar-refractivity contribution in [3.63, 3.8) is 0 Å². The quantitative estimate of drug-likeness (QED) is 0.476. The normalized spacial score (nSPS) is 10.4. The second-order valence-corrected chi connectivity index (χ2v) is 6.44. The molecule has 150 valence electrons. The Labute approximate surface area is 173 Å². The van der Waals surface area contributed by atoms with Gasteiger partial charge in [0, 0.05) is 24.2 Å². The molecule has 7 nitrogen and oxygen atoms in total. The number of hydrogen-bond donors (Lipinski definition) is 1. The molecular weight excluding hydrogens is 382 g/mol. The predicted octanol–water partition coefficient (Wildman–Crippen LogP) is 4.85. The van der Waals surface area contributed by atoms with E-state index in [9.17, 15) is 4.79 Å². The van der Waals surface area contributed by atoms with E-state index in [0.717, 1.165) is 11.3 Å². The zero-order valence-corrected chi connectivity index (χ0v) is 16.2. The summed E-state index contributed by atoms with van der Waals surface area (Å²) in [4.78, 5) is 16.5. The Bertz CT molecular complexity index is 1140. The van der Waals surface area contributed by atoms with Crippen LogP contribution in [0.3, 0.4) is 0 Å². The number of aromatic nitrogens is 2. The van der Waals surface area contributed by atoms with Crippen molar-refractivity contribution in [2.45, 2.75) is 6.92 Å². The molecule has 0 unspecified atom stereocenters. The van der Waals surface area contributed by atoms with Gasteiger partial charge in [-0.05, 0) is 36.4 Å². The molecule has 0 bridgehead atoms. The number of rotatable bonds is 7. The summed E-state index contributed by atoms with van der Waals surface area (Å²) in [6, 6.07) is 23.8. The Morgan fingerprint density at radius 3 is 2.50 bits per heavy atom. The van der Waals surface area contributed by atoms with Crippen LogP contribution in [0.5, 0.6) is 17.2 Å². The molecule has 0 aliphatic rings. The average molecular weight is 401 g/mol. The Hall–Kier alpha value is -4.13. The average Bonchev–Trinajstić information content (AvgIpc) is 3.20. The van der Waals surface area contributed by atoms with Gasteiger partial charge in [0.2, 0.25) is 11.7 Å². The Balaban J connectivity index is 1.35. The second-order valence-electron chi connectivity index (χ2n) is 6.44. The molecule has 0 radical (unpaired) electrons. The summed E-state index contributed by atoms with van der Waals surface area (Å²) in [5.74, 6) is 2.55. The van der Waals surface area contributed by atoms with Crippen LogP contribution < -0.4 is 14.8 Å². The van der Waals surface area contributed by atoms with Gasteiger partial charge in [0.05, 0.1) is 0 Å². The predicted molar refractivity (Wildman–Crippen MR) is 112 cm³/mol. The molecule has 1 amide bonds. The first kappa shape index (κ1) is 19.2. The van der Waals surface area contributed by atoms with Crippen molar-refractivity contribution >= 4 is 11.6 Å². The van der Waals surface area contributed by atoms with Crippen LogP contribution in [-0.2, 0) is 4.79 Å². The standard InChI is InChI=1S/C23H19N3O4/c1-16-24-23(26-30-16)17-7-5-11-20(13-17)28-15-22(27)25-18-8-6-12-21(14-18)29-19-9-3-2-4-10-19/h2-14H,15H2,1H3,(H,25,27). The van der Waals surface area contributed by atoms with Gasteiger partial charge in [0.25, 0.3) is 5.91 Å². The smallest absolute Gasteiger partial charge is 0.262 e. The van der Waals surface area contributed by atoms with Crippen LogP contribution in [0.15, 0.2) is 83.4 Å². The molecule has 4 aromatic rings. The fourth-order valence-corrected chi connectivity index (χ4v) is 2.75. The number of aryl methyl sites for hydroxylation is 1. The van der Waals surface area contributed by atoms with E-state index in [1.807, 2.05) is 48.5 Å². The first-order valence-corrected chi connectivity index (χ1v) is 9.32. The number of benzene rings is 3. The highest BCUT2D eigenvalue weighted by atomic mass is 16.5. The van der Waals surface area contributed by atoms with Gasteiger partial charge in [-0.25, -0.2) is 0 Å². The number of nitrogens with zero attached hydrogens (tertiary/aromatic N) is 2. The molecule has 0 saturated carbocycles. The van der Waals surface area contributed by atoms with Gasteiger partial charge in [-0.15, -0.1) is 0 Å². The van der Waals surface area contributed by atoms with Crippen LogP contribution >= 0.6 is 0 Å². The number of carbonyl (C=O) groups is 1. The number of carbonyl (C=O) groups excluding carboxylic acids is 1. The van der Waals surface area contributed by atoms with E-state index >= 15 is 0 Å². The van der Waals surface area contributed by atoms with Crippen LogP contribution in [-0.4, -0.2) is 22.7 Å². The zero-order chi connectivity index (χ0) is 20.8. The summed E-state index contributed by atoms with van der Waals surface area (Å²) < 4.78 is 16.4. The Morgan fingerprint density at radius 1 is 0.933 bits per heavy atom. The lowest BCUT2D eigenvalue weighted by molar-refractivity contribution is -0.118. The molecule has 0 spiro atoms. The Morgan fingerprint density at radius 2 is 1.70 bits per heavy atom. The third-order valence-corrected chi connectivity index (χ3v) is 4.09. The second kappa shape index (κ2) is 8.91. The van der Waals surface area contributed by atoms with Crippen molar-refractivity contribution < 1.29 is 18.8 Å². The molecule has 0 fully saturated rings. The highest BCUT2D eigenvalue weighted by Crippen LogP contribution is 2.24. The molecule has 0 atom stereocenters. The summed E-state index contributed by atoms with van der Waals surface area (Å²) in [5, 5.41) is 6.69. The molecule has 1 heterocycles. The van der Waals surface area contributed by atoms with Crippen molar-refractivity contribution in [1.82, 2.24) is 10.1 Å². The molecule has 3 aromatic carbocycles. The van der Waals surface area contributed by atoms with E-state index in [4.69, 9.17) is 14.0 Å². The third-order valence-electron chi connectivity index (χ3n) is 4.09. The maximum atomic E-state index is 12.3. The van der Waals surface area contributed by atoms with Crippen LogP contribution in [0.4, 0.5) is 5.69 Å². The lowest BCUT2D eigenvalue weighted by Crippen LogP contribution is -2.20. The minimum Gasteiger partial charge on any atom is -0.484 e. The number of hydrogen-bond acceptors (Lipinski definition) is 6. The van der Waals surface area contributed by atoms with E-state index in [1.54, 1.807) is 37.3 Å². The first-order chi connectivity index (χ1) is 14.7. The lowest BCUT2D eigenvalue weighted by atomic mass is 10.2. The van der Waals surface area contributed by atoms with Gasteiger partial charge < -0.3 is 19.3 Å². The molecule has 0 aliphatic carbocycles. The SMILES string of the molecule is Cc1nc(-c2cccc(OCC(=O)Nc3cccc(Oc4ccccc4)c3)c2)no1. The fourth-order valence-electron chi connectivity index (χ4n) is 2.75. The van der Waals surface area contributed by atoms with E-state index in [0.29, 0.717) is 28.9 Å². The van der Waals surface area contributed by atoms with E-state index < -0.39 is 0 Å².